The molecule has 27 heavy (non-hydrogen) atoms. The number of ether oxygens (including phenoxy) is 4. The van der Waals surface area contributed by atoms with Gasteiger partial charge in [-0.3, -0.25) is 9.59 Å². The maximum Gasteiger partial charge on any atom is 0.252 e. The van der Waals surface area contributed by atoms with Crippen molar-refractivity contribution < 1.29 is 28.5 Å². The topological polar surface area (TPSA) is 95.8 Å². The van der Waals surface area contributed by atoms with Crippen molar-refractivity contribution in [1.82, 2.24) is 0 Å². The molecule has 0 saturated carbocycles. The van der Waals surface area contributed by atoms with Gasteiger partial charge in [0.05, 0.1) is 28.4 Å². The van der Waals surface area contributed by atoms with Gasteiger partial charge >= 0.3 is 0 Å². The number of rotatable bonds is 8. The van der Waals surface area contributed by atoms with Crippen molar-refractivity contribution in [2.45, 2.75) is 0 Å². The van der Waals surface area contributed by atoms with Gasteiger partial charge in [0.25, 0.3) is 5.24 Å². The van der Waals surface area contributed by atoms with E-state index in [2.05, 4.69) is 10.2 Å². The molecule has 9 heteroatoms. The molecule has 142 valence electrons. The Morgan fingerprint density at radius 3 is 1.48 bits per heavy atom. The third-order valence-corrected chi connectivity index (χ3v) is 3.81. The largest absolute Gasteiger partial charge is 0.494 e. The third kappa shape index (κ3) is 4.35. The summed E-state index contributed by atoms with van der Waals surface area (Å²) in [5, 5.41) is 7.67. The molecule has 2 aromatic carbocycles. The number of carbonyl (C=O) groups excluding carboxylic acids is 2. The van der Waals surface area contributed by atoms with Crippen LogP contribution in [-0.2, 0) is 0 Å². The van der Waals surface area contributed by atoms with Crippen molar-refractivity contribution in [3.63, 3.8) is 0 Å². The molecule has 0 aromatic heterocycles. The highest BCUT2D eigenvalue weighted by molar-refractivity contribution is 6.67. The van der Waals surface area contributed by atoms with Crippen LogP contribution in [-0.4, -0.2) is 40.0 Å². The Hall–Kier alpha value is -3.13. The first-order chi connectivity index (χ1) is 13.0. The second-order valence-electron chi connectivity index (χ2n) is 5.09. The molecular weight excluding hydrogens is 376 g/mol. The summed E-state index contributed by atoms with van der Waals surface area (Å²) in [5.74, 6) is 1.07. The monoisotopic (exact) mass is 392 g/mol. The summed E-state index contributed by atoms with van der Waals surface area (Å²) in [6.07, 6.45) is 0.667. The minimum Gasteiger partial charge on any atom is -0.494 e. The zero-order valence-corrected chi connectivity index (χ0v) is 15.9. The van der Waals surface area contributed by atoms with Crippen molar-refractivity contribution >= 4 is 34.5 Å². The van der Waals surface area contributed by atoms with Gasteiger partial charge in [-0.05, 0) is 35.9 Å². The highest BCUT2D eigenvalue weighted by Crippen LogP contribution is 2.43. The standard InChI is InChI=1S/C18H17ClN2O6/c1-24-12-5-10(9-22)6-13(25-2)16(12)20-21-17-14(26-3)7-11(18(19)23)8-15(17)27-4/h5-9H,1-4H3. The molecule has 0 saturated heterocycles. The highest BCUT2D eigenvalue weighted by Gasteiger charge is 2.17. The van der Waals surface area contributed by atoms with Crippen LogP contribution in [0.3, 0.4) is 0 Å². The maximum atomic E-state index is 11.4. The van der Waals surface area contributed by atoms with Crippen molar-refractivity contribution in [1.29, 1.82) is 0 Å². The molecule has 0 atom stereocenters. The van der Waals surface area contributed by atoms with E-state index in [1.807, 2.05) is 0 Å². The van der Waals surface area contributed by atoms with Crippen molar-refractivity contribution in [2.24, 2.45) is 10.2 Å². The van der Waals surface area contributed by atoms with Gasteiger partial charge in [-0.1, -0.05) is 0 Å². The predicted molar refractivity (Wildman–Crippen MR) is 98.8 cm³/mol. The highest BCUT2D eigenvalue weighted by atomic mass is 35.5. The van der Waals surface area contributed by atoms with E-state index in [-0.39, 0.29) is 28.4 Å². The van der Waals surface area contributed by atoms with E-state index in [4.69, 9.17) is 30.5 Å². The average molecular weight is 393 g/mol. The Labute approximate surface area is 160 Å². The smallest absolute Gasteiger partial charge is 0.252 e. The van der Waals surface area contributed by atoms with Crippen LogP contribution in [0, 0.1) is 0 Å². The molecule has 0 aliphatic heterocycles. The summed E-state index contributed by atoms with van der Waals surface area (Å²) >= 11 is 5.53. The number of carbonyl (C=O) groups is 2. The number of hydrogen-bond donors (Lipinski definition) is 0. The molecule has 8 nitrogen and oxygen atoms in total. The number of nitrogens with zero attached hydrogens (tertiary/aromatic N) is 2. The zero-order chi connectivity index (χ0) is 20.0. The van der Waals surface area contributed by atoms with E-state index in [1.54, 1.807) is 0 Å². The van der Waals surface area contributed by atoms with Gasteiger partial charge < -0.3 is 18.9 Å². The lowest BCUT2D eigenvalue weighted by Gasteiger charge is -2.12. The molecule has 0 aliphatic carbocycles. The number of hydrogen-bond acceptors (Lipinski definition) is 8. The van der Waals surface area contributed by atoms with E-state index in [9.17, 15) is 9.59 Å². The molecule has 0 spiro atoms. The Bertz CT molecular complexity index is 847. The molecule has 0 bridgehead atoms. The molecule has 0 radical (unpaired) electrons. The van der Waals surface area contributed by atoms with E-state index in [1.165, 1.54) is 52.7 Å². The summed E-state index contributed by atoms with van der Waals surface area (Å²) in [7, 11) is 5.70. The minimum absolute atomic E-state index is 0.190. The van der Waals surface area contributed by atoms with E-state index < -0.39 is 5.24 Å². The number of azo groups is 1. The van der Waals surface area contributed by atoms with Gasteiger partial charge in [-0.2, -0.15) is 0 Å². The molecule has 0 fully saturated rings. The van der Waals surface area contributed by atoms with Gasteiger partial charge in [0, 0.05) is 11.1 Å². The molecule has 0 unspecified atom stereocenters. The van der Waals surface area contributed by atoms with Crippen molar-refractivity contribution in [3.8, 4) is 23.0 Å². The minimum atomic E-state index is -0.664. The summed E-state index contributed by atoms with van der Waals surface area (Å²) in [6.45, 7) is 0. The SMILES string of the molecule is COc1cc(C=O)cc(OC)c1N=Nc1c(OC)cc(C(=O)Cl)cc1OC. The maximum absolute atomic E-state index is 11.4. The second-order valence-corrected chi connectivity index (χ2v) is 5.44. The normalized spacial score (nSPS) is 10.6. The first-order valence-electron chi connectivity index (χ1n) is 7.57. The van der Waals surface area contributed by atoms with Crippen LogP contribution in [0.4, 0.5) is 11.4 Å². The Morgan fingerprint density at radius 1 is 0.815 bits per heavy atom. The average Bonchev–Trinajstić information content (AvgIpc) is 2.70. The quantitative estimate of drug-likeness (QED) is 0.377. The molecule has 0 N–H and O–H groups in total. The summed E-state index contributed by atoms with van der Waals surface area (Å²) in [6, 6.07) is 5.87. The predicted octanol–water partition coefficient (Wildman–Crippen LogP) is 4.33. The van der Waals surface area contributed by atoms with Crippen LogP contribution >= 0.6 is 11.6 Å². The van der Waals surface area contributed by atoms with Crippen LogP contribution in [0.15, 0.2) is 34.5 Å². The van der Waals surface area contributed by atoms with Crippen LogP contribution in [0.25, 0.3) is 0 Å². The van der Waals surface area contributed by atoms with E-state index in [0.29, 0.717) is 23.3 Å². The molecule has 0 heterocycles. The third-order valence-electron chi connectivity index (χ3n) is 3.59. The van der Waals surface area contributed by atoms with Crippen molar-refractivity contribution in [2.75, 3.05) is 28.4 Å². The van der Waals surface area contributed by atoms with E-state index >= 15 is 0 Å². The summed E-state index contributed by atoms with van der Waals surface area (Å²) in [5.41, 5.74) is 1.06. The Kier molecular flexibility index (Phi) is 6.73. The van der Waals surface area contributed by atoms with Gasteiger partial charge in [0.15, 0.2) is 34.4 Å². The number of methoxy groups -OCH3 is 4. The number of benzene rings is 2. The Balaban J connectivity index is 2.61. The summed E-state index contributed by atoms with van der Waals surface area (Å²) in [4.78, 5) is 22.5. The lowest BCUT2D eigenvalue weighted by Crippen LogP contribution is -1.95. The fourth-order valence-corrected chi connectivity index (χ4v) is 2.39. The van der Waals surface area contributed by atoms with Crippen LogP contribution < -0.4 is 18.9 Å². The lowest BCUT2D eigenvalue weighted by molar-refractivity contribution is 0.107. The fraction of sp³-hybridized carbons (Fsp3) is 0.222. The van der Waals surface area contributed by atoms with Crippen LogP contribution in [0.1, 0.15) is 20.7 Å². The number of aldehydes is 1. The molecule has 0 amide bonds. The first kappa shape index (κ1) is 20.2. The van der Waals surface area contributed by atoms with E-state index in [0.717, 1.165) is 0 Å². The van der Waals surface area contributed by atoms with Crippen molar-refractivity contribution in [3.05, 3.63) is 35.4 Å². The first-order valence-corrected chi connectivity index (χ1v) is 7.95. The van der Waals surface area contributed by atoms with Crippen LogP contribution in [0.5, 0.6) is 23.0 Å². The molecule has 2 aromatic rings. The van der Waals surface area contributed by atoms with Gasteiger partial charge in [0.1, 0.15) is 6.29 Å². The summed E-state index contributed by atoms with van der Waals surface area (Å²) < 4.78 is 21.1. The lowest BCUT2D eigenvalue weighted by atomic mass is 10.2. The van der Waals surface area contributed by atoms with Gasteiger partial charge in [-0.25, -0.2) is 0 Å². The number of halogens is 1. The molecular formula is C18H17ClN2O6. The van der Waals surface area contributed by atoms with Gasteiger partial charge in [-0.15, -0.1) is 10.2 Å². The second kappa shape index (κ2) is 9.00. The molecule has 2 rings (SSSR count). The zero-order valence-electron chi connectivity index (χ0n) is 15.1. The van der Waals surface area contributed by atoms with Crippen LogP contribution in [0.2, 0.25) is 0 Å². The molecule has 0 aliphatic rings. The fourth-order valence-electron chi connectivity index (χ4n) is 2.29. The Morgan fingerprint density at radius 2 is 1.19 bits per heavy atom. The van der Waals surface area contributed by atoms with Gasteiger partial charge in [0.2, 0.25) is 0 Å².